The Morgan fingerprint density at radius 3 is 2.40 bits per heavy atom. The van der Waals surface area contributed by atoms with Gasteiger partial charge < -0.3 is 15.5 Å². The SMILES string of the molecule is CN(CC(=O)Nc1ccccc1)C(=O)c1ccc(S(=O)(=O)N2CCNC(=O)C2)cc1. The second kappa shape index (κ2) is 9.06. The van der Waals surface area contributed by atoms with Crippen molar-refractivity contribution in [3.8, 4) is 0 Å². The number of carbonyl (C=O) groups is 3. The monoisotopic (exact) mass is 430 g/mol. The summed E-state index contributed by atoms with van der Waals surface area (Å²) in [6, 6.07) is 14.3. The molecule has 10 heteroatoms. The second-order valence-corrected chi connectivity index (χ2v) is 8.73. The topological polar surface area (TPSA) is 116 Å². The Morgan fingerprint density at radius 1 is 1.10 bits per heavy atom. The summed E-state index contributed by atoms with van der Waals surface area (Å²) in [5, 5.41) is 5.27. The quantitative estimate of drug-likeness (QED) is 0.693. The van der Waals surface area contributed by atoms with E-state index in [1.54, 1.807) is 24.3 Å². The zero-order valence-electron chi connectivity index (χ0n) is 16.4. The predicted octanol–water partition coefficient (Wildman–Crippen LogP) is 0.518. The van der Waals surface area contributed by atoms with E-state index in [2.05, 4.69) is 10.6 Å². The smallest absolute Gasteiger partial charge is 0.254 e. The maximum atomic E-state index is 12.7. The van der Waals surface area contributed by atoms with E-state index in [0.717, 1.165) is 4.31 Å². The summed E-state index contributed by atoms with van der Waals surface area (Å²) in [5.74, 6) is -1.12. The molecule has 2 aromatic carbocycles. The Morgan fingerprint density at radius 2 is 1.77 bits per heavy atom. The van der Waals surface area contributed by atoms with Crippen LogP contribution in [-0.2, 0) is 19.6 Å². The van der Waals surface area contributed by atoms with E-state index in [1.807, 2.05) is 6.07 Å². The van der Waals surface area contributed by atoms with Crippen LogP contribution in [0.25, 0.3) is 0 Å². The predicted molar refractivity (Wildman–Crippen MR) is 110 cm³/mol. The van der Waals surface area contributed by atoms with E-state index in [1.165, 1.54) is 36.2 Å². The van der Waals surface area contributed by atoms with Crippen molar-refractivity contribution in [3.63, 3.8) is 0 Å². The molecule has 1 heterocycles. The Bertz CT molecular complexity index is 1040. The molecule has 1 aliphatic heterocycles. The molecule has 2 N–H and O–H groups in total. The van der Waals surface area contributed by atoms with Gasteiger partial charge in [0.15, 0.2) is 0 Å². The zero-order valence-corrected chi connectivity index (χ0v) is 17.2. The summed E-state index contributed by atoms with van der Waals surface area (Å²) in [4.78, 5) is 37.4. The van der Waals surface area contributed by atoms with E-state index in [9.17, 15) is 22.8 Å². The van der Waals surface area contributed by atoms with Gasteiger partial charge in [0.05, 0.1) is 18.0 Å². The number of para-hydroxylation sites is 1. The normalized spacial score (nSPS) is 14.6. The molecule has 0 radical (unpaired) electrons. The number of amides is 3. The van der Waals surface area contributed by atoms with E-state index < -0.39 is 15.9 Å². The van der Waals surface area contributed by atoms with Gasteiger partial charge in [-0.2, -0.15) is 4.31 Å². The number of rotatable bonds is 6. The Balaban J connectivity index is 1.64. The molecule has 3 amide bonds. The number of sulfonamides is 1. The lowest BCUT2D eigenvalue weighted by Crippen LogP contribution is -2.49. The van der Waals surface area contributed by atoms with Crippen molar-refractivity contribution in [2.75, 3.05) is 38.5 Å². The van der Waals surface area contributed by atoms with Gasteiger partial charge in [-0.25, -0.2) is 8.42 Å². The summed E-state index contributed by atoms with van der Waals surface area (Å²) in [7, 11) is -2.34. The number of piperazine rings is 1. The molecule has 30 heavy (non-hydrogen) atoms. The fraction of sp³-hybridized carbons (Fsp3) is 0.250. The number of hydrogen-bond acceptors (Lipinski definition) is 5. The number of nitrogens with one attached hydrogen (secondary N) is 2. The molecule has 0 aromatic heterocycles. The molecule has 0 bridgehead atoms. The van der Waals surface area contributed by atoms with E-state index in [4.69, 9.17) is 0 Å². The van der Waals surface area contributed by atoms with Crippen LogP contribution in [-0.4, -0.2) is 68.6 Å². The molecule has 158 valence electrons. The summed E-state index contributed by atoms with van der Waals surface area (Å²) in [6.07, 6.45) is 0. The van der Waals surface area contributed by atoms with Crippen LogP contribution in [0.1, 0.15) is 10.4 Å². The highest BCUT2D eigenvalue weighted by Gasteiger charge is 2.29. The highest BCUT2D eigenvalue weighted by molar-refractivity contribution is 7.89. The molecular weight excluding hydrogens is 408 g/mol. The summed E-state index contributed by atoms with van der Waals surface area (Å²) in [6.45, 7) is 0.0530. The lowest BCUT2D eigenvalue weighted by atomic mass is 10.2. The highest BCUT2D eigenvalue weighted by atomic mass is 32.2. The van der Waals surface area contributed by atoms with Crippen LogP contribution in [0.15, 0.2) is 59.5 Å². The van der Waals surface area contributed by atoms with Crippen LogP contribution in [0.4, 0.5) is 5.69 Å². The molecule has 1 saturated heterocycles. The minimum atomic E-state index is -3.83. The van der Waals surface area contributed by atoms with Gasteiger partial charge in [-0.05, 0) is 36.4 Å². The maximum Gasteiger partial charge on any atom is 0.254 e. The van der Waals surface area contributed by atoms with Crippen molar-refractivity contribution in [1.29, 1.82) is 0 Å². The zero-order chi connectivity index (χ0) is 21.7. The third-order valence-corrected chi connectivity index (χ3v) is 6.39. The lowest BCUT2D eigenvalue weighted by Gasteiger charge is -2.26. The fourth-order valence-corrected chi connectivity index (χ4v) is 4.37. The number of hydrogen-bond donors (Lipinski definition) is 2. The molecule has 0 unspecified atom stereocenters. The van der Waals surface area contributed by atoms with Crippen LogP contribution in [0.5, 0.6) is 0 Å². The average molecular weight is 430 g/mol. The molecule has 0 aliphatic carbocycles. The van der Waals surface area contributed by atoms with Gasteiger partial charge in [0.1, 0.15) is 0 Å². The van der Waals surface area contributed by atoms with E-state index in [-0.39, 0.29) is 48.5 Å². The third-order valence-electron chi connectivity index (χ3n) is 4.53. The van der Waals surface area contributed by atoms with Crippen molar-refractivity contribution in [2.24, 2.45) is 0 Å². The van der Waals surface area contributed by atoms with Crippen molar-refractivity contribution in [2.45, 2.75) is 4.90 Å². The molecule has 1 aliphatic rings. The number of nitrogens with zero attached hydrogens (tertiary/aromatic N) is 2. The van der Waals surface area contributed by atoms with Crippen molar-refractivity contribution >= 4 is 33.4 Å². The van der Waals surface area contributed by atoms with Crippen LogP contribution in [0.3, 0.4) is 0 Å². The maximum absolute atomic E-state index is 12.7. The van der Waals surface area contributed by atoms with Crippen molar-refractivity contribution < 1.29 is 22.8 Å². The first kappa shape index (κ1) is 21.5. The molecule has 0 atom stereocenters. The van der Waals surface area contributed by atoms with Crippen LogP contribution in [0, 0.1) is 0 Å². The Labute approximate surface area is 174 Å². The van der Waals surface area contributed by atoms with Crippen LogP contribution >= 0.6 is 0 Å². The summed E-state index contributed by atoms with van der Waals surface area (Å²) in [5.41, 5.74) is 0.879. The van der Waals surface area contributed by atoms with Gasteiger partial charge in [0.2, 0.25) is 21.8 Å². The van der Waals surface area contributed by atoms with Crippen LogP contribution < -0.4 is 10.6 Å². The van der Waals surface area contributed by atoms with Gasteiger partial charge in [0, 0.05) is 31.4 Å². The standard InChI is InChI=1S/C20H22N4O5S/c1-23(13-19(26)22-16-5-3-2-4-6-16)20(27)15-7-9-17(10-8-15)30(28,29)24-12-11-21-18(25)14-24/h2-10H,11-14H2,1H3,(H,21,25)(H,22,26). The number of carbonyl (C=O) groups excluding carboxylic acids is 3. The third kappa shape index (κ3) is 5.02. The molecule has 0 saturated carbocycles. The largest absolute Gasteiger partial charge is 0.354 e. The first-order chi connectivity index (χ1) is 14.3. The molecule has 1 fully saturated rings. The number of benzene rings is 2. The van der Waals surface area contributed by atoms with E-state index >= 15 is 0 Å². The van der Waals surface area contributed by atoms with Gasteiger partial charge in [-0.3, -0.25) is 14.4 Å². The van der Waals surface area contributed by atoms with Gasteiger partial charge in [-0.1, -0.05) is 18.2 Å². The first-order valence-corrected chi connectivity index (χ1v) is 10.7. The minimum Gasteiger partial charge on any atom is -0.354 e. The summed E-state index contributed by atoms with van der Waals surface area (Å²) >= 11 is 0. The molecular formula is C20H22N4O5S. The van der Waals surface area contributed by atoms with Crippen molar-refractivity contribution in [1.82, 2.24) is 14.5 Å². The van der Waals surface area contributed by atoms with Gasteiger partial charge in [0.25, 0.3) is 5.91 Å². The number of likely N-dealkylation sites (N-methyl/N-ethyl adjacent to an activating group) is 1. The fourth-order valence-electron chi connectivity index (χ4n) is 2.97. The van der Waals surface area contributed by atoms with Gasteiger partial charge >= 0.3 is 0 Å². The highest BCUT2D eigenvalue weighted by Crippen LogP contribution is 2.18. The molecule has 9 nitrogen and oxygen atoms in total. The summed E-state index contributed by atoms with van der Waals surface area (Å²) < 4.78 is 26.4. The first-order valence-electron chi connectivity index (χ1n) is 9.24. The average Bonchev–Trinajstić information content (AvgIpc) is 2.74. The molecule has 3 rings (SSSR count). The van der Waals surface area contributed by atoms with Crippen LogP contribution in [0.2, 0.25) is 0 Å². The molecule has 0 spiro atoms. The Hall–Kier alpha value is -3.24. The minimum absolute atomic E-state index is 0.00164. The Kier molecular flexibility index (Phi) is 6.48. The van der Waals surface area contributed by atoms with E-state index in [0.29, 0.717) is 5.69 Å². The van der Waals surface area contributed by atoms with Crippen molar-refractivity contribution in [3.05, 3.63) is 60.2 Å². The second-order valence-electron chi connectivity index (χ2n) is 6.79. The van der Waals surface area contributed by atoms with Gasteiger partial charge in [-0.15, -0.1) is 0 Å². The number of anilines is 1. The lowest BCUT2D eigenvalue weighted by molar-refractivity contribution is -0.122. The molecule has 2 aromatic rings.